The van der Waals surface area contributed by atoms with Gasteiger partial charge < -0.3 is 10.2 Å². The molecule has 1 aliphatic heterocycles. The summed E-state index contributed by atoms with van der Waals surface area (Å²) in [6, 6.07) is 15.0. The number of amides is 1. The van der Waals surface area contributed by atoms with E-state index in [9.17, 15) is 17.6 Å². The molecule has 1 saturated heterocycles. The number of sulfonamides is 1. The first kappa shape index (κ1) is 21.8. The predicted octanol–water partition coefficient (Wildman–Crippen LogP) is 4.30. The van der Waals surface area contributed by atoms with Crippen LogP contribution in [0.4, 0.5) is 15.8 Å². The topological polar surface area (TPSA) is 69.7 Å². The number of nitrogens with one attached hydrogen (secondary N) is 1. The molecule has 1 aromatic heterocycles. The van der Waals surface area contributed by atoms with Crippen LogP contribution in [0.1, 0.15) is 9.67 Å². The maximum Gasteiger partial charge on any atom is 0.267 e. The monoisotopic (exact) mass is 479 g/mol. The molecule has 1 aliphatic rings. The standard InChI is InChI=1S/C21H19ClFN3O3S2/c22-17-14-15(6-7-18(17)23)24-21(27)20-19(8-13-30-20)31(28,29)26-11-9-25(10-12-26)16-4-2-1-3-5-16/h1-8,13-14H,9-12H2,(H,24,27). The molecule has 4 rings (SSSR count). The van der Waals surface area contributed by atoms with Crippen LogP contribution in [-0.4, -0.2) is 44.8 Å². The molecule has 0 atom stereocenters. The Morgan fingerprint density at radius 1 is 1.03 bits per heavy atom. The second-order valence-electron chi connectivity index (χ2n) is 6.92. The van der Waals surface area contributed by atoms with Crippen molar-refractivity contribution in [2.24, 2.45) is 0 Å². The molecule has 0 unspecified atom stereocenters. The lowest BCUT2D eigenvalue weighted by Gasteiger charge is -2.35. The summed E-state index contributed by atoms with van der Waals surface area (Å²) in [5.74, 6) is -1.19. The second-order valence-corrected chi connectivity index (χ2v) is 10.2. The SMILES string of the molecule is O=C(Nc1ccc(F)c(Cl)c1)c1sccc1S(=O)(=O)N1CCN(c2ccccc2)CC1. The minimum absolute atomic E-state index is 0.0311. The highest BCUT2D eigenvalue weighted by molar-refractivity contribution is 7.89. The third-order valence-electron chi connectivity index (χ3n) is 4.99. The zero-order valence-electron chi connectivity index (χ0n) is 16.3. The molecular formula is C21H19ClFN3O3S2. The summed E-state index contributed by atoms with van der Waals surface area (Å²) >= 11 is 6.79. The van der Waals surface area contributed by atoms with Gasteiger partial charge in [0.15, 0.2) is 0 Å². The number of para-hydroxylation sites is 1. The van der Waals surface area contributed by atoms with Gasteiger partial charge in [-0.25, -0.2) is 12.8 Å². The molecule has 31 heavy (non-hydrogen) atoms. The van der Waals surface area contributed by atoms with Crippen molar-refractivity contribution in [3.05, 3.63) is 75.7 Å². The third kappa shape index (κ3) is 4.59. The number of piperazine rings is 1. The van der Waals surface area contributed by atoms with Crippen LogP contribution in [0.15, 0.2) is 64.9 Å². The summed E-state index contributed by atoms with van der Waals surface area (Å²) in [5.41, 5.74) is 1.33. The smallest absolute Gasteiger partial charge is 0.267 e. The van der Waals surface area contributed by atoms with Gasteiger partial charge in [-0.05, 0) is 41.8 Å². The quantitative estimate of drug-likeness (QED) is 0.592. The highest BCUT2D eigenvalue weighted by Gasteiger charge is 2.32. The Morgan fingerprint density at radius 3 is 2.42 bits per heavy atom. The molecule has 1 N–H and O–H groups in total. The number of anilines is 2. The first-order valence-electron chi connectivity index (χ1n) is 9.50. The van der Waals surface area contributed by atoms with Crippen molar-refractivity contribution in [3.63, 3.8) is 0 Å². The van der Waals surface area contributed by atoms with E-state index in [1.54, 1.807) is 5.38 Å². The van der Waals surface area contributed by atoms with Gasteiger partial charge in [0.05, 0.1) is 5.02 Å². The van der Waals surface area contributed by atoms with Gasteiger partial charge in [-0.1, -0.05) is 29.8 Å². The van der Waals surface area contributed by atoms with Crippen LogP contribution in [0, 0.1) is 5.82 Å². The van der Waals surface area contributed by atoms with Crippen molar-refractivity contribution in [3.8, 4) is 0 Å². The van der Waals surface area contributed by atoms with Crippen molar-refractivity contribution < 1.29 is 17.6 Å². The number of thiophene rings is 1. The zero-order chi connectivity index (χ0) is 22.0. The molecule has 10 heteroatoms. The summed E-state index contributed by atoms with van der Waals surface area (Å²) < 4.78 is 41.2. The number of halogens is 2. The molecule has 1 fully saturated rings. The van der Waals surface area contributed by atoms with Crippen molar-refractivity contribution in [1.29, 1.82) is 0 Å². The van der Waals surface area contributed by atoms with E-state index in [2.05, 4.69) is 10.2 Å². The van der Waals surface area contributed by atoms with E-state index in [0.717, 1.165) is 23.1 Å². The Bertz CT molecular complexity index is 1190. The number of hydrogen-bond donors (Lipinski definition) is 1. The van der Waals surface area contributed by atoms with E-state index in [0.29, 0.717) is 26.2 Å². The van der Waals surface area contributed by atoms with E-state index in [-0.39, 0.29) is 20.5 Å². The summed E-state index contributed by atoms with van der Waals surface area (Å²) in [7, 11) is -3.84. The molecule has 162 valence electrons. The van der Waals surface area contributed by atoms with E-state index in [1.165, 1.54) is 22.5 Å². The lowest BCUT2D eigenvalue weighted by molar-refractivity contribution is 0.102. The minimum atomic E-state index is -3.84. The molecule has 2 heterocycles. The first-order valence-corrected chi connectivity index (χ1v) is 12.2. The summed E-state index contributed by atoms with van der Waals surface area (Å²) in [6.07, 6.45) is 0. The van der Waals surface area contributed by atoms with Gasteiger partial charge in [0.1, 0.15) is 15.6 Å². The minimum Gasteiger partial charge on any atom is -0.369 e. The number of hydrogen-bond acceptors (Lipinski definition) is 5. The molecule has 3 aromatic rings. The molecule has 1 amide bonds. The Kier molecular flexibility index (Phi) is 6.29. The number of carbonyl (C=O) groups is 1. The molecule has 6 nitrogen and oxygen atoms in total. The van der Waals surface area contributed by atoms with Crippen molar-refractivity contribution in [2.75, 3.05) is 36.4 Å². The van der Waals surface area contributed by atoms with Crippen LogP contribution in [0.3, 0.4) is 0 Å². The molecule has 0 aliphatic carbocycles. The Hall–Kier alpha value is -2.46. The average Bonchev–Trinajstić information content (AvgIpc) is 3.28. The number of nitrogens with zero attached hydrogens (tertiary/aromatic N) is 2. The van der Waals surface area contributed by atoms with E-state index >= 15 is 0 Å². The molecule has 0 spiro atoms. The zero-order valence-corrected chi connectivity index (χ0v) is 18.7. The second kappa shape index (κ2) is 8.96. The van der Waals surface area contributed by atoms with Gasteiger partial charge >= 0.3 is 0 Å². The predicted molar refractivity (Wildman–Crippen MR) is 121 cm³/mol. The summed E-state index contributed by atoms with van der Waals surface area (Å²) in [6.45, 7) is 1.76. The molecule has 0 radical (unpaired) electrons. The Balaban J connectivity index is 1.49. The molecule has 0 bridgehead atoms. The van der Waals surface area contributed by atoms with Crippen LogP contribution in [0.25, 0.3) is 0 Å². The fourth-order valence-corrected chi connectivity index (χ4v) is 6.29. The van der Waals surface area contributed by atoms with Crippen molar-refractivity contribution in [1.82, 2.24) is 4.31 Å². The normalized spacial score (nSPS) is 15.1. The van der Waals surface area contributed by atoms with Crippen LogP contribution in [0.5, 0.6) is 0 Å². The highest BCUT2D eigenvalue weighted by atomic mass is 35.5. The van der Waals surface area contributed by atoms with E-state index in [1.807, 2.05) is 30.3 Å². The van der Waals surface area contributed by atoms with Crippen molar-refractivity contribution >= 4 is 50.2 Å². The molecular weight excluding hydrogens is 461 g/mol. The van der Waals surface area contributed by atoms with Crippen LogP contribution in [-0.2, 0) is 10.0 Å². The highest BCUT2D eigenvalue weighted by Crippen LogP contribution is 2.28. The fraction of sp³-hybridized carbons (Fsp3) is 0.190. The van der Waals surface area contributed by atoms with Crippen LogP contribution in [0.2, 0.25) is 5.02 Å². The van der Waals surface area contributed by atoms with Gasteiger partial charge in [-0.2, -0.15) is 4.31 Å². The molecule has 0 saturated carbocycles. The lowest BCUT2D eigenvalue weighted by Crippen LogP contribution is -2.48. The van der Waals surface area contributed by atoms with E-state index in [4.69, 9.17) is 11.6 Å². The Morgan fingerprint density at radius 2 is 1.74 bits per heavy atom. The number of rotatable bonds is 5. The third-order valence-corrected chi connectivity index (χ3v) is 8.26. The summed E-state index contributed by atoms with van der Waals surface area (Å²) in [5, 5.41) is 4.02. The van der Waals surface area contributed by atoms with Crippen molar-refractivity contribution in [2.45, 2.75) is 4.90 Å². The maximum atomic E-state index is 13.3. The van der Waals surface area contributed by atoms with Crippen LogP contribution < -0.4 is 10.2 Å². The number of carbonyl (C=O) groups excluding carboxylic acids is 1. The first-order chi connectivity index (χ1) is 14.9. The van der Waals surface area contributed by atoms with E-state index < -0.39 is 21.7 Å². The molecule has 2 aromatic carbocycles. The fourth-order valence-electron chi connectivity index (χ4n) is 3.39. The van der Waals surface area contributed by atoms with Gasteiger partial charge in [0, 0.05) is 37.6 Å². The number of benzene rings is 2. The van der Waals surface area contributed by atoms with Gasteiger partial charge in [0.25, 0.3) is 5.91 Å². The average molecular weight is 480 g/mol. The van der Waals surface area contributed by atoms with Gasteiger partial charge in [0.2, 0.25) is 10.0 Å². The maximum absolute atomic E-state index is 13.3. The Labute approximate surface area is 188 Å². The summed E-state index contributed by atoms with van der Waals surface area (Å²) in [4.78, 5) is 14.9. The van der Waals surface area contributed by atoms with Gasteiger partial charge in [-0.15, -0.1) is 11.3 Å². The van der Waals surface area contributed by atoms with Gasteiger partial charge in [-0.3, -0.25) is 4.79 Å². The largest absolute Gasteiger partial charge is 0.369 e. The lowest BCUT2D eigenvalue weighted by atomic mass is 10.2. The van der Waals surface area contributed by atoms with Crippen LogP contribution >= 0.6 is 22.9 Å².